The fourth-order valence-corrected chi connectivity index (χ4v) is 5.32. The molecule has 1 aliphatic heterocycles. The number of aromatic nitrogens is 2. The first-order valence-corrected chi connectivity index (χ1v) is 12.2. The second kappa shape index (κ2) is 8.91. The van der Waals surface area contributed by atoms with Crippen molar-refractivity contribution in [2.24, 2.45) is 0 Å². The Morgan fingerprint density at radius 1 is 1.03 bits per heavy atom. The van der Waals surface area contributed by atoms with E-state index >= 15 is 0 Å². The van der Waals surface area contributed by atoms with Crippen molar-refractivity contribution in [3.8, 4) is 5.69 Å². The fraction of sp³-hybridized carbons (Fsp3) is 0.222. The van der Waals surface area contributed by atoms with Crippen LogP contribution in [0, 0.1) is 20.8 Å². The van der Waals surface area contributed by atoms with Crippen molar-refractivity contribution in [1.29, 1.82) is 0 Å². The average Bonchev–Trinajstić information content (AvgIpc) is 3.45. The third kappa shape index (κ3) is 4.15. The summed E-state index contributed by atoms with van der Waals surface area (Å²) in [6.45, 7) is 7.19. The SMILES string of the molecule is Cc1cc(C)n(-c2ccc(C(=O)Nc3cccc(C(=O)N4CCc5sccc5C4)c3C)cc2)n1. The lowest BCUT2D eigenvalue weighted by molar-refractivity contribution is 0.0735. The molecule has 1 N–H and O–H groups in total. The molecule has 3 heterocycles. The minimum atomic E-state index is -0.214. The van der Waals surface area contributed by atoms with Gasteiger partial charge in [0.15, 0.2) is 0 Å². The molecule has 0 fully saturated rings. The van der Waals surface area contributed by atoms with Gasteiger partial charge in [0, 0.05) is 40.5 Å². The van der Waals surface area contributed by atoms with Crippen molar-refractivity contribution in [3.63, 3.8) is 0 Å². The molecule has 5 rings (SSSR count). The number of hydrogen-bond acceptors (Lipinski definition) is 4. The van der Waals surface area contributed by atoms with E-state index in [0.717, 1.165) is 29.1 Å². The Labute approximate surface area is 202 Å². The maximum atomic E-state index is 13.3. The van der Waals surface area contributed by atoms with Crippen molar-refractivity contribution in [2.75, 3.05) is 11.9 Å². The Hall–Kier alpha value is -3.71. The molecule has 0 spiro atoms. The number of fused-ring (bicyclic) bond motifs is 1. The predicted molar refractivity (Wildman–Crippen MR) is 135 cm³/mol. The third-order valence-corrected chi connectivity index (χ3v) is 7.31. The van der Waals surface area contributed by atoms with Crippen molar-refractivity contribution < 1.29 is 9.59 Å². The number of carbonyl (C=O) groups excluding carboxylic acids is 2. The van der Waals surface area contributed by atoms with Gasteiger partial charge in [-0.25, -0.2) is 4.68 Å². The summed E-state index contributed by atoms with van der Waals surface area (Å²) in [5.41, 5.74) is 6.71. The molecule has 0 radical (unpaired) electrons. The summed E-state index contributed by atoms with van der Waals surface area (Å²) < 4.78 is 1.86. The lowest BCUT2D eigenvalue weighted by Gasteiger charge is -2.28. The van der Waals surface area contributed by atoms with Crippen LogP contribution < -0.4 is 5.32 Å². The number of anilines is 1. The van der Waals surface area contributed by atoms with E-state index in [-0.39, 0.29) is 11.8 Å². The van der Waals surface area contributed by atoms with Gasteiger partial charge in [0.1, 0.15) is 0 Å². The lowest BCUT2D eigenvalue weighted by atomic mass is 10.0. The number of aryl methyl sites for hydroxylation is 2. The van der Waals surface area contributed by atoms with Gasteiger partial charge in [-0.15, -0.1) is 11.3 Å². The zero-order valence-electron chi connectivity index (χ0n) is 19.5. The standard InChI is InChI=1S/C27H26N4O2S/c1-17-15-18(2)31(29-17)22-9-7-20(8-10-22)26(32)28-24-6-4-5-23(19(24)3)27(33)30-13-11-25-21(16-30)12-14-34-25/h4-10,12,14-15H,11,13,16H2,1-3H3,(H,28,32). The van der Waals surface area contributed by atoms with Crippen LogP contribution in [0.1, 0.15) is 48.1 Å². The van der Waals surface area contributed by atoms with Gasteiger partial charge < -0.3 is 10.2 Å². The predicted octanol–water partition coefficient (Wildman–Crippen LogP) is 5.31. The minimum Gasteiger partial charge on any atom is -0.334 e. The van der Waals surface area contributed by atoms with Crippen LogP contribution in [0.5, 0.6) is 0 Å². The summed E-state index contributed by atoms with van der Waals surface area (Å²) in [5.74, 6) is -0.215. The van der Waals surface area contributed by atoms with Gasteiger partial charge in [0.2, 0.25) is 0 Å². The van der Waals surface area contributed by atoms with E-state index in [0.29, 0.717) is 29.9 Å². The van der Waals surface area contributed by atoms with Crippen LogP contribution >= 0.6 is 11.3 Å². The molecule has 2 aromatic carbocycles. The van der Waals surface area contributed by atoms with Crippen LogP contribution in [0.4, 0.5) is 5.69 Å². The lowest BCUT2D eigenvalue weighted by Crippen LogP contribution is -2.35. The zero-order valence-corrected chi connectivity index (χ0v) is 20.3. The van der Waals surface area contributed by atoms with E-state index in [1.807, 2.05) is 66.8 Å². The van der Waals surface area contributed by atoms with Crippen molar-refractivity contribution in [3.05, 3.63) is 98.5 Å². The second-order valence-electron chi connectivity index (χ2n) is 8.66. The van der Waals surface area contributed by atoms with E-state index in [1.54, 1.807) is 23.5 Å². The number of benzene rings is 2. The molecule has 0 aliphatic carbocycles. The van der Waals surface area contributed by atoms with Gasteiger partial charge in [-0.05, 0) is 92.2 Å². The summed E-state index contributed by atoms with van der Waals surface area (Å²) in [4.78, 5) is 29.5. The van der Waals surface area contributed by atoms with Crippen LogP contribution in [0.25, 0.3) is 5.69 Å². The van der Waals surface area contributed by atoms with Crippen molar-refractivity contribution in [1.82, 2.24) is 14.7 Å². The Morgan fingerprint density at radius 3 is 2.56 bits per heavy atom. The molecule has 6 nitrogen and oxygen atoms in total. The molecule has 0 atom stereocenters. The molecule has 7 heteroatoms. The highest BCUT2D eigenvalue weighted by Gasteiger charge is 2.24. The molecular weight excluding hydrogens is 444 g/mol. The topological polar surface area (TPSA) is 67.2 Å². The molecular formula is C27H26N4O2S. The summed E-state index contributed by atoms with van der Waals surface area (Å²) in [7, 11) is 0. The first-order chi connectivity index (χ1) is 16.4. The molecule has 172 valence electrons. The maximum absolute atomic E-state index is 13.3. The highest BCUT2D eigenvalue weighted by molar-refractivity contribution is 7.10. The number of rotatable bonds is 4. The van der Waals surface area contributed by atoms with Crippen molar-refractivity contribution >= 4 is 28.8 Å². The molecule has 0 saturated heterocycles. The summed E-state index contributed by atoms with van der Waals surface area (Å²) in [5, 5.41) is 9.56. The first-order valence-electron chi connectivity index (χ1n) is 11.3. The largest absolute Gasteiger partial charge is 0.334 e. The number of amides is 2. The first kappa shape index (κ1) is 22.1. The number of thiophene rings is 1. The van der Waals surface area contributed by atoms with E-state index in [4.69, 9.17) is 0 Å². The van der Waals surface area contributed by atoms with Gasteiger partial charge in [-0.1, -0.05) is 6.07 Å². The van der Waals surface area contributed by atoms with Gasteiger partial charge in [-0.3, -0.25) is 9.59 Å². The molecule has 4 aromatic rings. The summed E-state index contributed by atoms with van der Waals surface area (Å²) in [6, 6.07) is 17.0. The Kier molecular flexibility index (Phi) is 5.79. The molecule has 0 unspecified atom stereocenters. The van der Waals surface area contributed by atoms with Crippen LogP contribution in [-0.4, -0.2) is 33.0 Å². The fourth-order valence-electron chi connectivity index (χ4n) is 4.43. The maximum Gasteiger partial charge on any atom is 0.255 e. The van der Waals surface area contributed by atoms with Gasteiger partial charge >= 0.3 is 0 Å². The van der Waals surface area contributed by atoms with E-state index in [2.05, 4.69) is 21.9 Å². The second-order valence-corrected chi connectivity index (χ2v) is 9.66. The highest BCUT2D eigenvalue weighted by Crippen LogP contribution is 2.27. The summed E-state index contributed by atoms with van der Waals surface area (Å²) in [6.07, 6.45) is 0.891. The van der Waals surface area contributed by atoms with Crippen LogP contribution in [0.15, 0.2) is 60.0 Å². The van der Waals surface area contributed by atoms with Crippen molar-refractivity contribution in [2.45, 2.75) is 33.7 Å². The molecule has 2 amide bonds. The molecule has 2 aromatic heterocycles. The van der Waals surface area contributed by atoms with Crippen LogP contribution in [0.3, 0.4) is 0 Å². The molecule has 0 saturated carbocycles. The summed E-state index contributed by atoms with van der Waals surface area (Å²) >= 11 is 1.76. The number of nitrogens with one attached hydrogen (secondary N) is 1. The highest BCUT2D eigenvalue weighted by atomic mass is 32.1. The van der Waals surface area contributed by atoms with E-state index < -0.39 is 0 Å². The van der Waals surface area contributed by atoms with E-state index in [1.165, 1.54) is 10.4 Å². The van der Waals surface area contributed by atoms with Crippen LogP contribution in [-0.2, 0) is 13.0 Å². The molecule has 0 bridgehead atoms. The number of hydrogen-bond donors (Lipinski definition) is 1. The Bertz CT molecular complexity index is 1380. The van der Waals surface area contributed by atoms with Gasteiger partial charge in [0.25, 0.3) is 11.8 Å². The Balaban J connectivity index is 1.32. The smallest absolute Gasteiger partial charge is 0.255 e. The van der Waals surface area contributed by atoms with E-state index in [9.17, 15) is 9.59 Å². The zero-order chi connectivity index (χ0) is 23.8. The molecule has 1 aliphatic rings. The van der Waals surface area contributed by atoms with Gasteiger partial charge in [-0.2, -0.15) is 5.10 Å². The normalized spacial score (nSPS) is 13.0. The average molecular weight is 471 g/mol. The van der Waals surface area contributed by atoms with Gasteiger partial charge in [0.05, 0.1) is 11.4 Å². The number of nitrogens with zero attached hydrogens (tertiary/aromatic N) is 3. The Morgan fingerprint density at radius 2 is 1.82 bits per heavy atom. The van der Waals surface area contributed by atoms with Crippen LogP contribution in [0.2, 0.25) is 0 Å². The minimum absolute atomic E-state index is 0.000289. The monoisotopic (exact) mass is 470 g/mol. The third-order valence-electron chi connectivity index (χ3n) is 6.29. The number of carbonyl (C=O) groups is 2. The molecule has 34 heavy (non-hydrogen) atoms. The quantitative estimate of drug-likeness (QED) is 0.440.